The lowest BCUT2D eigenvalue weighted by molar-refractivity contribution is -0.270. The van der Waals surface area contributed by atoms with Gasteiger partial charge in [-0.1, -0.05) is 0 Å². The number of nitrogens with zero attached hydrogens (tertiary/aromatic N) is 3. The molecule has 0 saturated carbocycles. The Kier molecular flexibility index (Phi) is 18.0. The van der Waals surface area contributed by atoms with Crippen molar-refractivity contribution < 1.29 is 72.0 Å². The Balaban J connectivity index is 1.22. The maximum absolute atomic E-state index is 13.0. The van der Waals surface area contributed by atoms with Gasteiger partial charge < -0.3 is 74.3 Å². The van der Waals surface area contributed by atoms with Crippen molar-refractivity contribution in [2.75, 3.05) is 58.7 Å². The van der Waals surface area contributed by atoms with Crippen LogP contribution in [-0.2, 0) is 51.8 Å². The van der Waals surface area contributed by atoms with Crippen LogP contribution in [0.5, 0.6) is 0 Å². The standard InChI is InChI=1S/C36H62N7O16P/c1-20(45)40-24-27(48)26(47)21(16-44)58-33(24)54-12-9-8-10-23(46)38-11-13-52-14-15-53-19-55-29-28(59-35(2,3)4)22(17-56-60(50,51)36(5,6)7)57-32(29)43-18-39-25-30(43)41-34(37)42-31(25)49/h18,21-22,24,26-29,32-33,44,47-48H,8-17,19H2,1-7H3,(H,38,46)(H,40,45)(H,50,51)(H3,37,41,42,49)/t21-,22-,24-,26+,27-,28-,29-,32-,33-/m1/s1. The minimum Gasteiger partial charge on any atom is -0.394 e. The van der Waals surface area contributed by atoms with Gasteiger partial charge in [-0.15, -0.1) is 0 Å². The molecule has 2 fully saturated rings. The van der Waals surface area contributed by atoms with Gasteiger partial charge in [0, 0.05) is 26.5 Å². The number of aliphatic hydroxyl groups excluding tert-OH is 3. The van der Waals surface area contributed by atoms with Gasteiger partial charge in [0.05, 0.1) is 50.1 Å². The molecule has 4 rings (SSSR count). The van der Waals surface area contributed by atoms with Crippen molar-refractivity contribution in [2.45, 2.75) is 134 Å². The molecule has 60 heavy (non-hydrogen) atoms. The summed E-state index contributed by atoms with van der Waals surface area (Å²) in [5, 5.41) is 34.1. The van der Waals surface area contributed by atoms with Crippen LogP contribution < -0.4 is 21.9 Å². The average Bonchev–Trinajstić information content (AvgIpc) is 3.72. The highest BCUT2D eigenvalue weighted by Crippen LogP contribution is 2.55. The van der Waals surface area contributed by atoms with Gasteiger partial charge in [0.1, 0.15) is 49.5 Å². The molecule has 0 spiro atoms. The van der Waals surface area contributed by atoms with Gasteiger partial charge in [0.25, 0.3) is 5.56 Å². The third-order valence-corrected chi connectivity index (χ3v) is 11.6. The van der Waals surface area contributed by atoms with Crippen molar-refractivity contribution >= 4 is 36.5 Å². The number of unbranched alkanes of at least 4 members (excludes halogenated alkanes) is 1. The molecule has 10 atom stereocenters. The fraction of sp³-hybridized carbons (Fsp3) is 0.806. The third-order valence-electron chi connectivity index (χ3n) is 9.38. The van der Waals surface area contributed by atoms with E-state index in [1.807, 2.05) is 20.8 Å². The van der Waals surface area contributed by atoms with Crippen molar-refractivity contribution in [3.8, 4) is 0 Å². The first kappa shape index (κ1) is 49.5. The van der Waals surface area contributed by atoms with E-state index in [-0.39, 0.29) is 75.8 Å². The summed E-state index contributed by atoms with van der Waals surface area (Å²) in [5.41, 5.74) is 4.69. The Labute approximate surface area is 347 Å². The molecular weight excluding hydrogens is 817 g/mol. The monoisotopic (exact) mass is 879 g/mol. The summed E-state index contributed by atoms with van der Waals surface area (Å²) in [5.74, 6) is -0.803. The zero-order valence-electron chi connectivity index (χ0n) is 35.1. The predicted molar refractivity (Wildman–Crippen MR) is 211 cm³/mol. The SMILES string of the molecule is CC(=O)N[C@H]1[C@H](OCCCCC(=O)NCCOCCOCO[C@@H]2[C@H](OC(C)(C)C)[C@@H](COP(=O)(O)C(C)(C)C)O[C@H]2n2cnc3c(=O)[nH]c(N)nc32)O[C@H](CO)[C@H](O)[C@@H]1O. The molecule has 2 aromatic rings. The maximum atomic E-state index is 13.0. The quantitative estimate of drug-likeness (QED) is 0.0416. The van der Waals surface area contributed by atoms with E-state index in [1.54, 1.807) is 20.8 Å². The number of ether oxygens (including phenoxy) is 7. The summed E-state index contributed by atoms with van der Waals surface area (Å²) in [6, 6.07) is -1.04. The molecule has 24 heteroatoms. The molecule has 0 radical (unpaired) electrons. The van der Waals surface area contributed by atoms with Crippen LogP contribution in [0.25, 0.3) is 11.2 Å². The van der Waals surface area contributed by atoms with E-state index in [4.69, 9.17) is 43.4 Å². The first-order valence-electron chi connectivity index (χ1n) is 19.7. The lowest BCUT2D eigenvalue weighted by atomic mass is 9.97. The number of anilines is 1. The molecule has 0 bridgehead atoms. The number of aliphatic hydroxyl groups is 3. The van der Waals surface area contributed by atoms with Crippen LogP contribution in [0.2, 0.25) is 0 Å². The lowest BCUT2D eigenvalue weighted by Crippen LogP contribution is -2.64. The van der Waals surface area contributed by atoms with E-state index in [1.165, 1.54) is 17.8 Å². The molecule has 1 unspecified atom stereocenters. The summed E-state index contributed by atoms with van der Waals surface area (Å²) in [7, 11) is -4.10. The number of nitrogens with two attached hydrogens (primary N) is 1. The number of hydrogen-bond donors (Lipinski definition) is 8. The highest BCUT2D eigenvalue weighted by atomic mass is 31.2. The molecule has 0 aliphatic carbocycles. The van der Waals surface area contributed by atoms with E-state index in [0.29, 0.717) is 12.8 Å². The molecule has 2 saturated heterocycles. The van der Waals surface area contributed by atoms with E-state index in [9.17, 15) is 39.2 Å². The van der Waals surface area contributed by atoms with Gasteiger partial charge in [0.2, 0.25) is 17.8 Å². The second-order valence-corrected chi connectivity index (χ2v) is 19.0. The number of carbonyl (C=O) groups excluding carboxylic acids is 2. The Morgan fingerprint density at radius 3 is 2.38 bits per heavy atom. The number of nitrogen functional groups attached to an aromatic ring is 1. The Morgan fingerprint density at radius 1 is 1.00 bits per heavy atom. The number of hydrogen-bond acceptors (Lipinski definition) is 18. The summed E-state index contributed by atoms with van der Waals surface area (Å²) < 4.78 is 61.5. The molecule has 342 valence electrons. The minimum atomic E-state index is -4.10. The molecule has 9 N–H and O–H groups in total. The van der Waals surface area contributed by atoms with Crippen LogP contribution in [0.3, 0.4) is 0 Å². The van der Waals surface area contributed by atoms with Crippen molar-refractivity contribution in [1.29, 1.82) is 0 Å². The zero-order valence-corrected chi connectivity index (χ0v) is 36.0. The summed E-state index contributed by atoms with van der Waals surface area (Å²) >= 11 is 0. The number of H-pyrrole nitrogens is 1. The van der Waals surface area contributed by atoms with Gasteiger partial charge in [-0.3, -0.25) is 28.5 Å². The minimum absolute atomic E-state index is 0.00815. The molecule has 2 amide bonds. The Bertz CT molecular complexity index is 1800. The summed E-state index contributed by atoms with van der Waals surface area (Å²) in [6.07, 6.45) is -6.24. The van der Waals surface area contributed by atoms with Crippen LogP contribution in [0.4, 0.5) is 5.95 Å². The topological polar surface area (TPSA) is 320 Å². The third kappa shape index (κ3) is 13.7. The Morgan fingerprint density at radius 2 is 1.72 bits per heavy atom. The molecular formula is C36H62N7O16P. The summed E-state index contributed by atoms with van der Waals surface area (Å²) in [6.45, 7) is 11.2. The second-order valence-electron chi connectivity index (χ2n) is 16.4. The van der Waals surface area contributed by atoms with Gasteiger partial charge in [-0.2, -0.15) is 4.98 Å². The number of rotatable bonds is 22. The van der Waals surface area contributed by atoms with E-state index >= 15 is 0 Å². The number of carbonyl (C=O) groups is 2. The molecule has 2 aliphatic heterocycles. The number of amides is 2. The largest absolute Gasteiger partial charge is 0.394 e. The normalized spacial score (nSPS) is 27.2. The highest BCUT2D eigenvalue weighted by molar-refractivity contribution is 7.54. The lowest BCUT2D eigenvalue weighted by Gasteiger charge is -2.42. The molecule has 23 nitrogen and oxygen atoms in total. The Hall–Kier alpha value is -3.16. The first-order chi connectivity index (χ1) is 28.1. The fourth-order valence-electron chi connectivity index (χ4n) is 6.25. The van der Waals surface area contributed by atoms with Gasteiger partial charge >= 0.3 is 7.60 Å². The van der Waals surface area contributed by atoms with Crippen LogP contribution in [-0.4, -0.2) is 164 Å². The van der Waals surface area contributed by atoms with Crippen LogP contribution in [0.1, 0.15) is 74.0 Å². The van der Waals surface area contributed by atoms with Crippen molar-refractivity contribution in [1.82, 2.24) is 30.2 Å². The van der Waals surface area contributed by atoms with E-state index < -0.39 is 91.6 Å². The van der Waals surface area contributed by atoms with Crippen molar-refractivity contribution in [3.63, 3.8) is 0 Å². The summed E-state index contributed by atoms with van der Waals surface area (Å²) in [4.78, 5) is 57.9. The zero-order chi connectivity index (χ0) is 44.4. The highest BCUT2D eigenvalue weighted by Gasteiger charge is 2.51. The molecule has 4 heterocycles. The van der Waals surface area contributed by atoms with Crippen molar-refractivity contribution in [3.05, 3.63) is 16.7 Å². The van der Waals surface area contributed by atoms with Gasteiger partial charge in [-0.05, 0) is 54.4 Å². The number of nitrogens with one attached hydrogen (secondary N) is 3. The van der Waals surface area contributed by atoms with E-state index in [0.717, 1.165) is 0 Å². The van der Waals surface area contributed by atoms with Crippen LogP contribution >= 0.6 is 7.60 Å². The van der Waals surface area contributed by atoms with E-state index in [2.05, 4.69) is 25.6 Å². The predicted octanol–water partition coefficient (Wildman–Crippen LogP) is -0.594. The first-order valence-corrected chi connectivity index (χ1v) is 21.3. The molecule has 2 aliphatic rings. The second kappa shape index (κ2) is 21.8. The smallest absolute Gasteiger partial charge is 0.333 e. The number of aromatic nitrogens is 4. The van der Waals surface area contributed by atoms with Crippen LogP contribution in [0.15, 0.2) is 11.1 Å². The van der Waals surface area contributed by atoms with Gasteiger partial charge in [0.15, 0.2) is 23.7 Å². The molecule has 2 aromatic heterocycles. The van der Waals surface area contributed by atoms with Crippen LogP contribution in [0, 0.1) is 0 Å². The average molecular weight is 880 g/mol. The maximum Gasteiger partial charge on any atom is 0.333 e. The number of fused-ring (bicyclic) bond motifs is 1. The fourth-order valence-corrected chi connectivity index (χ4v) is 6.98. The molecule has 0 aromatic carbocycles. The number of imidazole rings is 1. The van der Waals surface area contributed by atoms with Crippen molar-refractivity contribution in [2.24, 2.45) is 0 Å². The number of aromatic amines is 1. The van der Waals surface area contributed by atoms with Gasteiger partial charge in [-0.25, -0.2) is 4.98 Å².